The Morgan fingerprint density at radius 3 is 2.59 bits per heavy atom. The molecule has 0 aliphatic rings. The highest BCUT2D eigenvalue weighted by atomic mass is 16.5. The van der Waals surface area contributed by atoms with Crippen LogP contribution in [0.2, 0.25) is 0 Å². The van der Waals surface area contributed by atoms with Crippen LogP contribution in [0, 0.1) is 0 Å². The molecule has 1 atom stereocenters. The number of nitrogens with one attached hydrogen (secondary N) is 1. The number of ether oxygens (including phenoxy) is 1. The van der Waals surface area contributed by atoms with E-state index in [1.54, 1.807) is 7.11 Å². The van der Waals surface area contributed by atoms with Crippen LogP contribution in [0.15, 0.2) is 30.3 Å². The molecule has 0 radical (unpaired) electrons. The summed E-state index contributed by atoms with van der Waals surface area (Å²) in [5.41, 5.74) is 1.44. The van der Waals surface area contributed by atoms with Crippen molar-refractivity contribution in [3.8, 4) is 0 Å². The number of hydrogen-bond acceptors (Lipinski definition) is 2. The highest BCUT2D eigenvalue weighted by Gasteiger charge is 2.05. The molecule has 96 valence electrons. The Morgan fingerprint density at radius 1 is 1.18 bits per heavy atom. The number of benzene rings is 1. The molecule has 0 saturated heterocycles. The van der Waals surface area contributed by atoms with Gasteiger partial charge in [-0.3, -0.25) is 0 Å². The maximum Gasteiger partial charge on any atom is 0.0615 e. The van der Waals surface area contributed by atoms with Gasteiger partial charge in [0.1, 0.15) is 0 Å². The molecule has 0 bridgehead atoms. The van der Waals surface area contributed by atoms with Crippen molar-refractivity contribution in [3.63, 3.8) is 0 Å². The third-order valence-electron chi connectivity index (χ3n) is 2.97. The van der Waals surface area contributed by atoms with Gasteiger partial charge in [-0.1, -0.05) is 43.7 Å². The number of methoxy groups -OCH3 is 1. The second-order valence-corrected chi connectivity index (χ2v) is 4.44. The van der Waals surface area contributed by atoms with E-state index >= 15 is 0 Å². The fourth-order valence-electron chi connectivity index (χ4n) is 2.10. The predicted octanol–water partition coefficient (Wildman–Crippen LogP) is 3.02. The summed E-state index contributed by atoms with van der Waals surface area (Å²) in [6.07, 6.45) is 4.91. The lowest BCUT2D eigenvalue weighted by Crippen LogP contribution is -2.32. The van der Waals surface area contributed by atoms with Crippen molar-refractivity contribution in [2.24, 2.45) is 0 Å². The molecule has 2 heteroatoms. The lowest BCUT2D eigenvalue weighted by atomic mass is 10.0. The number of aryl methyl sites for hydroxylation is 1. The van der Waals surface area contributed by atoms with Crippen molar-refractivity contribution in [1.82, 2.24) is 5.32 Å². The van der Waals surface area contributed by atoms with Crippen LogP contribution < -0.4 is 5.32 Å². The Bertz CT molecular complexity index is 268. The maximum absolute atomic E-state index is 5.21. The fraction of sp³-hybridized carbons (Fsp3) is 0.600. The van der Waals surface area contributed by atoms with Crippen molar-refractivity contribution in [3.05, 3.63) is 35.9 Å². The Morgan fingerprint density at radius 2 is 1.94 bits per heavy atom. The van der Waals surface area contributed by atoms with E-state index < -0.39 is 0 Å². The molecule has 0 heterocycles. The molecule has 0 aliphatic carbocycles. The van der Waals surface area contributed by atoms with Crippen molar-refractivity contribution in [2.45, 2.75) is 38.6 Å². The topological polar surface area (TPSA) is 21.3 Å². The Balaban J connectivity index is 2.13. The van der Waals surface area contributed by atoms with Gasteiger partial charge in [-0.2, -0.15) is 0 Å². The quantitative estimate of drug-likeness (QED) is 0.664. The third kappa shape index (κ3) is 6.44. The lowest BCUT2D eigenvalue weighted by molar-refractivity contribution is 0.162. The maximum atomic E-state index is 5.21. The molecule has 1 aromatic rings. The van der Waals surface area contributed by atoms with Crippen LogP contribution in [0.5, 0.6) is 0 Å². The molecule has 0 fully saturated rings. The molecule has 1 rings (SSSR count). The van der Waals surface area contributed by atoms with Gasteiger partial charge in [0.05, 0.1) is 6.61 Å². The first-order valence-corrected chi connectivity index (χ1v) is 6.63. The van der Waals surface area contributed by atoms with E-state index in [4.69, 9.17) is 4.74 Å². The summed E-state index contributed by atoms with van der Waals surface area (Å²) in [4.78, 5) is 0. The molecule has 1 N–H and O–H groups in total. The molecule has 0 spiro atoms. The van der Waals surface area contributed by atoms with E-state index in [9.17, 15) is 0 Å². The SMILES string of the molecule is CCNC(CCCCc1ccccc1)COC. The van der Waals surface area contributed by atoms with E-state index in [2.05, 4.69) is 42.6 Å². The largest absolute Gasteiger partial charge is 0.383 e. The first-order chi connectivity index (χ1) is 8.36. The van der Waals surface area contributed by atoms with Gasteiger partial charge in [0, 0.05) is 13.2 Å². The summed E-state index contributed by atoms with van der Waals surface area (Å²) < 4.78 is 5.21. The van der Waals surface area contributed by atoms with E-state index in [1.807, 2.05) is 0 Å². The van der Waals surface area contributed by atoms with Crippen LogP contribution >= 0.6 is 0 Å². The summed E-state index contributed by atoms with van der Waals surface area (Å²) in [5.74, 6) is 0. The molecule has 2 nitrogen and oxygen atoms in total. The van der Waals surface area contributed by atoms with Gasteiger partial charge in [-0.25, -0.2) is 0 Å². The molecule has 1 unspecified atom stereocenters. The van der Waals surface area contributed by atoms with Crippen molar-refractivity contribution < 1.29 is 4.74 Å². The van der Waals surface area contributed by atoms with Crippen molar-refractivity contribution >= 4 is 0 Å². The number of rotatable bonds is 9. The molecular formula is C15H25NO. The van der Waals surface area contributed by atoms with Crippen LogP contribution in [0.25, 0.3) is 0 Å². The number of unbranched alkanes of at least 4 members (excludes halogenated alkanes) is 1. The van der Waals surface area contributed by atoms with E-state index in [-0.39, 0.29) is 0 Å². The van der Waals surface area contributed by atoms with Gasteiger partial charge in [-0.15, -0.1) is 0 Å². The van der Waals surface area contributed by atoms with Gasteiger partial charge < -0.3 is 10.1 Å². The Kier molecular flexibility index (Phi) is 7.69. The smallest absolute Gasteiger partial charge is 0.0615 e. The average Bonchev–Trinajstić information content (AvgIpc) is 2.36. The van der Waals surface area contributed by atoms with Crippen molar-refractivity contribution in [1.29, 1.82) is 0 Å². The second kappa shape index (κ2) is 9.20. The molecule has 0 saturated carbocycles. The summed E-state index contributed by atoms with van der Waals surface area (Å²) >= 11 is 0. The van der Waals surface area contributed by atoms with Crippen LogP contribution in [0.4, 0.5) is 0 Å². The second-order valence-electron chi connectivity index (χ2n) is 4.44. The van der Waals surface area contributed by atoms with Crippen molar-refractivity contribution in [2.75, 3.05) is 20.3 Å². The summed E-state index contributed by atoms with van der Waals surface area (Å²) in [6.45, 7) is 3.98. The van der Waals surface area contributed by atoms with Crippen LogP contribution in [0.3, 0.4) is 0 Å². The first kappa shape index (κ1) is 14.2. The fourth-order valence-corrected chi connectivity index (χ4v) is 2.10. The van der Waals surface area contributed by atoms with E-state index in [0.717, 1.165) is 13.2 Å². The lowest BCUT2D eigenvalue weighted by Gasteiger charge is -2.16. The monoisotopic (exact) mass is 235 g/mol. The van der Waals surface area contributed by atoms with Crippen LogP contribution in [-0.2, 0) is 11.2 Å². The minimum absolute atomic E-state index is 0.515. The number of hydrogen-bond donors (Lipinski definition) is 1. The zero-order valence-corrected chi connectivity index (χ0v) is 11.1. The summed E-state index contributed by atoms with van der Waals surface area (Å²) in [5, 5.41) is 3.46. The molecule has 1 aromatic carbocycles. The normalized spacial score (nSPS) is 12.6. The minimum Gasteiger partial charge on any atom is -0.383 e. The zero-order valence-electron chi connectivity index (χ0n) is 11.1. The highest BCUT2D eigenvalue weighted by Crippen LogP contribution is 2.08. The van der Waals surface area contributed by atoms with Crippen LogP contribution in [-0.4, -0.2) is 26.3 Å². The molecular weight excluding hydrogens is 210 g/mol. The van der Waals surface area contributed by atoms with Gasteiger partial charge in [0.15, 0.2) is 0 Å². The Hall–Kier alpha value is -0.860. The van der Waals surface area contributed by atoms with Crippen LogP contribution in [0.1, 0.15) is 31.7 Å². The molecule has 0 amide bonds. The van der Waals surface area contributed by atoms with E-state index in [0.29, 0.717) is 6.04 Å². The molecule has 17 heavy (non-hydrogen) atoms. The zero-order chi connectivity index (χ0) is 12.3. The number of likely N-dealkylation sites (N-methyl/N-ethyl adjacent to an activating group) is 1. The van der Waals surface area contributed by atoms with Gasteiger partial charge in [0.25, 0.3) is 0 Å². The third-order valence-corrected chi connectivity index (χ3v) is 2.97. The standard InChI is InChI=1S/C15H25NO/c1-3-16-15(13-17-2)12-8-7-11-14-9-5-4-6-10-14/h4-6,9-10,15-16H,3,7-8,11-13H2,1-2H3. The average molecular weight is 235 g/mol. The highest BCUT2D eigenvalue weighted by molar-refractivity contribution is 5.14. The summed E-state index contributed by atoms with van der Waals surface area (Å²) in [7, 11) is 1.77. The Labute approximate surface area is 105 Å². The summed E-state index contributed by atoms with van der Waals surface area (Å²) in [6, 6.07) is 11.2. The van der Waals surface area contributed by atoms with Gasteiger partial charge >= 0.3 is 0 Å². The minimum atomic E-state index is 0.515. The molecule has 0 aromatic heterocycles. The van der Waals surface area contributed by atoms with Gasteiger partial charge in [-0.05, 0) is 31.4 Å². The predicted molar refractivity (Wildman–Crippen MR) is 73.3 cm³/mol. The molecule has 0 aliphatic heterocycles. The van der Waals surface area contributed by atoms with E-state index in [1.165, 1.54) is 31.2 Å². The first-order valence-electron chi connectivity index (χ1n) is 6.63. The van der Waals surface area contributed by atoms with Gasteiger partial charge in [0.2, 0.25) is 0 Å².